The lowest BCUT2D eigenvalue weighted by Gasteiger charge is -2.57. The monoisotopic (exact) mass is 393 g/mol. The molecule has 0 radical (unpaired) electrons. The van der Waals surface area contributed by atoms with E-state index in [2.05, 4.69) is 42.5 Å². The number of hydrogen-bond acceptors (Lipinski definition) is 7. The molecule has 0 bridgehead atoms. The Balaban J connectivity index is 1.32. The molecule has 1 aromatic heterocycles. The maximum absolute atomic E-state index is 11.8. The first-order chi connectivity index (χ1) is 14.1. The Hall–Kier alpha value is -2.87. The summed E-state index contributed by atoms with van der Waals surface area (Å²) in [5, 5.41) is 6.61. The van der Waals surface area contributed by atoms with E-state index >= 15 is 0 Å². The third-order valence-electron chi connectivity index (χ3n) is 6.22. The average Bonchev–Trinajstić information content (AvgIpc) is 2.67. The number of nitrogens with zero attached hydrogens (tertiary/aromatic N) is 4. The Bertz CT molecular complexity index is 896. The lowest BCUT2D eigenvalue weighted by molar-refractivity contribution is 0.0996. The highest BCUT2D eigenvalue weighted by Crippen LogP contribution is 2.37. The van der Waals surface area contributed by atoms with Crippen molar-refractivity contribution in [2.75, 3.05) is 54.4 Å². The molecule has 3 aliphatic heterocycles. The number of aromatic nitrogens is 2. The van der Waals surface area contributed by atoms with Crippen LogP contribution in [0.1, 0.15) is 29.8 Å². The molecule has 5 rings (SSSR count). The Labute approximate surface area is 170 Å². The second kappa shape index (κ2) is 7.18. The minimum absolute atomic E-state index is 0.164. The third kappa shape index (κ3) is 3.48. The van der Waals surface area contributed by atoms with Crippen molar-refractivity contribution in [1.29, 1.82) is 0 Å². The zero-order valence-corrected chi connectivity index (χ0v) is 16.5. The first-order valence-electron chi connectivity index (χ1n) is 10.4. The second-order valence-corrected chi connectivity index (χ2v) is 8.47. The summed E-state index contributed by atoms with van der Waals surface area (Å²) in [6.07, 6.45) is 5.19. The minimum Gasteiger partial charge on any atom is -0.370 e. The van der Waals surface area contributed by atoms with Crippen LogP contribution in [0.5, 0.6) is 0 Å². The molecule has 3 aliphatic rings. The minimum atomic E-state index is -0.582. The topological polar surface area (TPSA) is 99.4 Å². The van der Waals surface area contributed by atoms with Crippen LogP contribution in [0.15, 0.2) is 30.5 Å². The predicted octanol–water partition coefficient (Wildman–Crippen LogP) is 1.72. The molecule has 4 heterocycles. The largest absolute Gasteiger partial charge is 0.370 e. The molecule has 0 saturated carbocycles. The molecule has 8 heteroatoms. The number of carbonyl (C=O) groups is 1. The second-order valence-electron chi connectivity index (χ2n) is 8.47. The Morgan fingerprint density at radius 3 is 2.41 bits per heavy atom. The van der Waals surface area contributed by atoms with Crippen molar-refractivity contribution in [2.45, 2.75) is 19.3 Å². The lowest BCUT2D eigenvalue weighted by Crippen LogP contribution is -2.71. The zero-order valence-electron chi connectivity index (χ0n) is 16.5. The number of rotatable bonds is 5. The molecule has 1 aromatic carbocycles. The van der Waals surface area contributed by atoms with Crippen molar-refractivity contribution in [3.05, 3.63) is 36.2 Å². The summed E-state index contributed by atoms with van der Waals surface area (Å²) in [4.78, 5) is 25.4. The van der Waals surface area contributed by atoms with E-state index in [9.17, 15) is 4.79 Å². The van der Waals surface area contributed by atoms with Crippen LogP contribution in [0.3, 0.4) is 0 Å². The summed E-state index contributed by atoms with van der Waals surface area (Å²) >= 11 is 0. The highest BCUT2D eigenvalue weighted by atomic mass is 16.1. The number of anilines is 4. The smallest absolute Gasteiger partial charge is 0.271 e. The fourth-order valence-corrected chi connectivity index (χ4v) is 4.46. The lowest BCUT2D eigenvalue weighted by atomic mass is 9.74. The van der Waals surface area contributed by atoms with Gasteiger partial charge in [0, 0.05) is 56.1 Å². The molecule has 3 fully saturated rings. The normalized spacial score (nSPS) is 20.1. The van der Waals surface area contributed by atoms with E-state index in [1.54, 1.807) is 6.20 Å². The van der Waals surface area contributed by atoms with Crippen molar-refractivity contribution in [3.8, 4) is 0 Å². The fraction of sp³-hybridized carbons (Fsp3) is 0.476. The first-order valence-corrected chi connectivity index (χ1v) is 10.4. The van der Waals surface area contributed by atoms with Crippen LogP contribution in [0, 0.1) is 5.41 Å². The number of benzene rings is 1. The molecule has 2 aromatic rings. The van der Waals surface area contributed by atoms with Crippen LogP contribution in [0.2, 0.25) is 0 Å². The summed E-state index contributed by atoms with van der Waals surface area (Å²) in [5.74, 6) is 0.618. The first kappa shape index (κ1) is 18.2. The van der Waals surface area contributed by atoms with Crippen molar-refractivity contribution in [1.82, 2.24) is 15.3 Å². The summed E-state index contributed by atoms with van der Waals surface area (Å²) < 4.78 is 0. The summed E-state index contributed by atoms with van der Waals surface area (Å²) in [6.45, 7) is 6.41. The highest BCUT2D eigenvalue weighted by molar-refractivity contribution is 5.96. The van der Waals surface area contributed by atoms with Gasteiger partial charge in [0.15, 0.2) is 11.5 Å². The Morgan fingerprint density at radius 1 is 1.07 bits per heavy atom. The van der Waals surface area contributed by atoms with Gasteiger partial charge in [0.25, 0.3) is 5.91 Å². The zero-order chi connectivity index (χ0) is 19.8. The van der Waals surface area contributed by atoms with Gasteiger partial charge in [-0.3, -0.25) is 4.79 Å². The van der Waals surface area contributed by atoms with Crippen LogP contribution in [-0.4, -0.2) is 55.1 Å². The van der Waals surface area contributed by atoms with E-state index in [0.29, 0.717) is 11.2 Å². The van der Waals surface area contributed by atoms with Gasteiger partial charge in [0.1, 0.15) is 5.82 Å². The van der Waals surface area contributed by atoms with Gasteiger partial charge < -0.3 is 26.2 Å². The van der Waals surface area contributed by atoms with Crippen molar-refractivity contribution in [2.24, 2.45) is 11.1 Å². The molecule has 4 N–H and O–H groups in total. The molecule has 8 nitrogen and oxygen atoms in total. The molecule has 29 heavy (non-hydrogen) atoms. The van der Waals surface area contributed by atoms with Gasteiger partial charge in [-0.05, 0) is 43.5 Å². The number of hydrogen-bond donors (Lipinski definition) is 3. The van der Waals surface area contributed by atoms with Crippen LogP contribution in [0.4, 0.5) is 23.0 Å². The quantitative estimate of drug-likeness (QED) is 0.711. The number of amides is 1. The van der Waals surface area contributed by atoms with Crippen LogP contribution in [-0.2, 0) is 0 Å². The summed E-state index contributed by atoms with van der Waals surface area (Å²) in [5.41, 5.74) is 8.27. The van der Waals surface area contributed by atoms with Crippen molar-refractivity contribution < 1.29 is 4.79 Å². The van der Waals surface area contributed by atoms with E-state index < -0.39 is 5.91 Å². The summed E-state index contributed by atoms with van der Waals surface area (Å²) in [6, 6.07) is 8.24. The molecule has 0 unspecified atom stereocenters. The summed E-state index contributed by atoms with van der Waals surface area (Å²) in [7, 11) is 0. The highest BCUT2D eigenvalue weighted by Gasteiger charge is 2.47. The van der Waals surface area contributed by atoms with E-state index in [-0.39, 0.29) is 5.69 Å². The fourth-order valence-electron chi connectivity index (χ4n) is 4.46. The van der Waals surface area contributed by atoms with Crippen LogP contribution < -0.4 is 26.2 Å². The van der Waals surface area contributed by atoms with E-state index in [4.69, 9.17) is 5.73 Å². The molecular formula is C21H27N7O. The van der Waals surface area contributed by atoms with Gasteiger partial charge in [-0.25, -0.2) is 9.97 Å². The van der Waals surface area contributed by atoms with Crippen molar-refractivity contribution >= 4 is 28.9 Å². The number of piperidine rings is 1. The Morgan fingerprint density at radius 2 is 1.79 bits per heavy atom. The maximum atomic E-state index is 11.8. The average molecular weight is 393 g/mol. The number of nitrogens with two attached hydrogens (primary N) is 1. The van der Waals surface area contributed by atoms with E-state index in [1.165, 1.54) is 12.1 Å². The van der Waals surface area contributed by atoms with E-state index in [1.807, 2.05) is 12.1 Å². The van der Waals surface area contributed by atoms with Gasteiger partial charge in [-0.15, -0.1) is 0 Å². The predicted molar refractivity (Wildman–Crippen MR) is 114 cm³/mol. The van der Waals surface area contributed by atoms with E-state index in [0.717, 1.165) is 63.6 Å². The molecule has 0 aliphatic carbocycles. The molecule has 152 valence electrons. The van der Waals surface area contributed by atoms with Crippen molar-refractivity contribution in [3.63, 3.8) is 0 Å². The van der Waals surface area contributed by atoms with Crippen LogP contribution >= 0.6 is 0 Å². The third-order valence-corrected chi connectivity index (χ3v) is 6.22. The van der Waals surface area contributed by atoms with Gasteiger partial charge >= 0.3 is 0 Å². The van der Waals surface area contributed by atoms with Gasteiger partial charge in [0.2, 0.25) is 0 Å². The molecule has 1 spiro atoms. The number of carbonyl (C=O) groups excluding carboxylic acids is 1. The number of primary amides is 1. The van der Waals surface area contributed by atoms with Gasteiger partial charge in [-0.2, -0.15) is 0 Å². The van der Waals surface area contributed by atoms with Gasteiger partial charge in [-0.1, -0.05) is 0 Å². The standard InChI is InChI=1S/C21H27N7O/c22-19(29)18-20(26-17(10-24-18)27-8-2-1-3-9-27)25-15-4-6-16(7-5-15)28-13-21(14-28)11-23-12-21/h4-7,10,23H,1-3,8-9,11-14H2,(H2,22,29)(H,25,26). The maximum Gasteiger partial charge on any atom is 0.271 e. The molecule has 0 atom stereocenters. The van der Waals surface area contributed by atoms with Gasteiger partial charge in [0.05, 0.1) is 6.20 Å². The molecular weight excluding hydrogens is 366 g/mol. The van der Waals surface area contributed by atoms with Crippen LogP contribution in [0.25, 0.3) is 0 Å². The Kier molecular flexibility index (Phi) is 4.50. The number of nitrogens with one attached hydrogen (secondary N) is 2. The molecule has 3 saturated heterocycles. The SMILES string of the molecule is NC(=O)c1ncc(N2CCCCC2)nc1Nc1ccc(N2CC3(CNC3)C2)cc1. The molecule has 1 amide bonds.